The summed E-state index contributed by atoms with van der Waals surface area (Å²) in [5.41, 5.74) is 2.78. The van der Waals surface area contributed by atoms with E-state index in [0.29, 0.717) is 11.1 Å². The molecule has 1 atom stereocenters. The summed E-state index contributed by atoms with van der Waals surface area (Å²) in [6.07, 6.45) is 3.33. The first-order valence-electron chi connectivity index (χ1n) is 7.71. The maximum Gasteiger partial charge on any atom is 0.264 e. The van der Waals surface area contributed by atoms with Crippen LogP contribution in [0.2, 0.25) is 5.02 Å². The second-order valence-corrected chi connectivity index (χ2v) is 6.44. The lowest BCUT2D eigenvalue weighted by Crippen LogP contribution is -2.47. The Balaban J connectivity index is 1.77. The van der Waals surface area contributed by atoms with Gasteiger partial charge in [-0.2, -0.15) is 0 Å². The number of aromatic nitrogens is 1. The highest BCUT2D eigenvalue weighted by atomic mass is 35.5. The summed E-state index contributed by atoms with van der Waals surface area (Å²) in [5.74, 6) is 0.707. The molecule has 2 heterocycles. The van der Waals surface area contributed by atoms with E-state index >= 15 is 0 Å². The molecule has 0 radical (unpaired) electrons. The van der Waals surface area contributed by atoms with Crippen molar-refractivity contribution in [3.8, 4) is 0 Å². The predicted octanol–water partition coefficient (Wildman–Crippen LogP) is 3.21. The Labute approximate surface area is 139 Å². The number of nitrogens with one attached hydrogen (secondary N) is 2. The number of halogens is 1. The maximum absolute atomic E-state index is 12.7. The van der Waals surface area contributed by atoms with Crippen LogP contribution in [0.25, 0.3) is 0 Å². The minimum absolute atomic E-state index is 0.0372. The normalized spacial score (nSPS) is 19.2. The molecule has 1 aromatic heterocycles. The molecule has 0 spiro atoms. The van der Waals surface area contributed by atoms with E-state index in [2.05, 4.69) is 15.6 Å². The monoisotopic (exact) mass is 328 g/mol. The highest BCUT2D eigenvalue weighted by molar-refractivity contribution is 6.31. The predicted molar refractivity (Wildman–Crippen MR) is 91.1 cm³/mol. The van der Waals surface area contributed by atoms with Crippen molar-refractivity contribution in [1.29, 1.82) is 0 Å². The Morgan fingerprint density at radius 2 is 2.22 bits per heavy atom. The molecule has 4 rings (SSSR count). The fourth-order valence-electron chi connectivity index (χ4n) is 2.82. The van der Waals surface area contributed by atoms with Gasteiger partial charge in [0.25, 0.3) is 5.91 Å². The van der Waals surface area contributed by atoms with Gasteiger partial charge in [-0.05, 0) is 49.6 Å². The van der Waals surface area contributed by atoms with E-state index in [-0.39, 0.29) is 5.91 Å². The molecule has 1 unspecified atom stereocenters. The van der Waals surface area contributed by atoms with E-state index in [9.17, 15) is 4.79 Å². The minimum Gasteiger partial charge on any atom is -0.354 e. The molecule has 1 saturated carbocycles. The first kappa shape index (κ1) is 14.3. The second kappa shape index (κ2) is 5.42. The number of rotatable bonds is 3. The molecule has 1 amide bonds. The quantitative estimate of drug-likeness (QED) is 0.908. The Morgan fingerprint density at radius 3 is 3.00 bits per heavy atom. The molecule has 2 aromatic rings. The van der Waals surface area contributed by atoms with Crippen molar-refractivity contribution in [3.63, 3.8) is 0 Å². The smallest absolute Gasteiger partial charge is 0.264 e. The number of amides is 1. The zero-order chi connectivity index (χ0) is 16.0. The number of benzene rings is 1. The zero-order valence-electron chi connectivity index (χ0n) is 12.7. The van der Waals surface area contributed by atoms with Gasteiger partial charge in [-0.15, -0.1) is 0 Å². The van der Waals surface area contributed by atoms with Crippen molar-refractivity contribution >= 4 is 34.7 Å². The third-order valence-electron chi connectivity index (χ3n) is 4.17. The minimum atomic E-state index is -0.516. The summed E-state index contributed by atoms with van der Waals surface area (Å²) in [7, 11) is 0. The molecule has 1 aliphatic carbocycles. The second-order valence-electron chi connectivity index (χ2n) is 6.01. The van der Waals surface area contributed by atoms with Crippen LogP contribution in [0.4, 0.5) is 17.2 Å². The van der Waals surface area contributed by atoms with Crippen molar-refractivity contribution in [2.24, 2.45) is 0 Å². The van der Waals surface area contributed by atoms with E-state index in [0.717, 1.165) is 35.6 Å². The maximum atomic E-state index is 12.7. The van der Waals surface area contributed by atoms with Gasteiger partial charge in [0.15, 0.2) is 12.0 Å². The lowest BCUT2D eigenvalue weighted by atomic mass is 10.1. The van der Waals surface area contributed by atoms with Gasteiger partial charge in [0.2, 0.25) is 0 Å². The first-order chi connectivity index (χ1) is 11.1. The lowest BCUT2D eigenvalue weighted by molar-refractivity contribution is -0.121. The summed E-state index contributed by atoms with van der Waals surface area (Å²) in [4.78, 5) is 19.0. The number of hydrogen-bond acceptors (Lipinski definition) is 4. The number of aryl methyl sites for hydroxylation is 1. The standard InChI is InChI=1S/C17H17ClN4O/c1-10-4-5-11(18)9-14(10)22-15-13(3-2-8-19-15)21-16(22)17(23)20-12-6-7-12/h2-5,8-9,12,16,21H,6-7H2,1H3,(H,20,23). The third kappa shape index (κ3) is 2.61. The summed E-state index contributed by atoms with van der Waals surface area (Å²) < 4.78 is 0. The molecule has 6 heteroatoms. The van der Waals surface area contributed by atoms with Crippen molar-refractivity contribution in [2.45, 2.75) is 32.0 Å². The fraction of sp³-hybridized carbons (Fsp3) is 0.294. The lowest BCUT2D eigenvalue weighted by Gasteiger charge is -2.27. The topological polar surface area (TPSA) is 57.3 Å². The van der Waals surface area contributed by atoms with Gasteiger partial charge >= 0.3 is 0 Å². The molecule has 1 aromatic carbocycles. The summed E-state index contributed by atoms with van der Waals surface area (Å²) in [5, 5.41) is 6.97. The van der Waals surface area contributed by atoms with Crippen LogP contribution in [0.5, 0.6) is 0 Å². The zero-order valence-corrected chi connectivity index (χ0v) is 13.5. The van der Waals surface area contributed by atoms with Crippen LogP contribution >= 0.6 is 11.6 Å². The molecule has 5 nitrogen and oxygen atoms in total. The fourth-order valence-corrected chi connectivity index (χ4v) is 2.99. The van der Waals surface area contributed by atoms with Gasteiger partial charge in [0.1, 0.15) is 0 Å². The van der Waals surface area contributed by atoms with Gasteiger partial charge in [-0.1, -0.05) is 17.7 Å². The van der Waals surface area contributed by atoms with Crippen molar-refractivity contribution in [2.75, 3.05) is 10.2 Å². The van der Waals surface area contributed by atoms with Gasteiger partial charge in [0, 0.05) is 22.9 Å². The Kier molecular flexibility index (Phi) is 3.38. The van der Waals surface area contributed by atoms with Gasteiger partial charge < -0.3 is 10.6 Å². The molecule has 1 fully saturated rings. The number of fused-ring (bicyclic) bond motifs is 1. The molecule has 1 aliphatic heterocycles. The third-order valence-corrected chi connectivity index (χ3v) is 4.40. The van der Waals surface area contributed by atoms with Crippen LogP contribution in [-0.4, -0.2) is 23.1 Å². The largest absolute Gasteiger partial charge is 0.354 e. The van der Waals surface area contributed by atoms with Crippen LogP contribution in [0.1, 0.15) is 18.4 Å². The molecule has 0 bridgehead atoms. The van der Waals surface area contributed by atoms with Gasteiger partial charge in [0.05, 0.1) is 5.69 Å². The number of carbonyl (C=O) groups excluding carboxylic acids is 1. The first-order valence-corrected chi connectivity index (χ1v) is 8.08. The summed E-state index contributed by atoms with van der Waals surface area (Å²) >= 11 is 6.18. The number of pyridine rings is 1. The molecular formula is C17H17ClN4O. The van der Waals surface area contributed by atoms with E-state index in [1.807, 2.05) is 42.2 Å². The molecule has 23 heavy (non-hydrogen) atoms. The number of nitrogens with zero attached hydrogens (tertiary/aromatic N) is 2. The van der Waals surface area contributed by atoms with E-state index in [1.54, 1.807) is 6.20 Å². The Bertz CT molecular complexity index is 775. The van der Waals surface area contributed by atoms with Gasteiger partial charge in [-0.3, -0.25) is 9.69 Å². The van der Waals surface area contributed by atoms with Crippen LogP contribution in [-0.2, 0) is 4.79 Å². The SMILES string of the molecule is Cc1ccc(Cl)cc1N1c2ncccc2NC1C(=O)NC1CC1. The van der Waals surface area contributed by atoms with Crippen LogP contribution in [0.3, 0.4) is 0 Å². The van der Waals surface area contributed by atoms with E-state index in [4.69, 9.17) is 11.6 Å². The summed E-state index contributed by atoms with van der Waals surface area (Å²) in [6.45, 7) is 2.00. The number of anilines is 3. The van der Waals surface area contributed by atoms with E-state index < -0.39 is 6.17 Å². The Hall–Kier alpha value is -2.27. The highest BCUT2D eigenvalue weighted by Gasteiger charge is 2.38. The Morgan fingerprint density at radius 1 is 1.39 bits per heavy atom. The van der Waals surface area contributed by atoms with Crippen LogP contribution < -0.4 is 15.5 Å². The molecule has 2 N–H and O–H groups in total. The molecule has 0 saturated heterocycles. The van der Waals surface area contributed by atoms with Crippen molar-refractivity contribution in [3.05, 3.63) is 47.1 Å². The number of carbonyl (C=O) groups is 1. The molecule has 2 aliphatic rings. The average molecular weight is 329 g/mol. The average Bonchev–Trinajstić information content (AvgIpc) is 3.27. The number of hydrogen-bond donors (Lipinski definition) is 2. The van der Waals surface area contributed by atoms with Crippen LogP contribution in [0, 0.1) is 6.92 Å². The molecular weight excluding hydrogens is 312 g/mol. The van der Waals surface area contributed by atoms with E-state index in [1.165, 1.54) is 0 Å². The molecule has 118 valence electrons. The van der Waals surface area contributed by atoms with Crippen molar-refractivity contribution in [1.82, 2.24) is 10.3 Å². The van der Waals surface area contributed by atoms with Gasteiger partial charge in [-0.25, -0.2) is 4.98 Å². The van der Waals surface area contributed by atoms with Crippen LogP contribution in [0.15, 0.2) is 36.5 Å². The highest BCUT2D eigenvalue weighted by Crippen LogP contribution is 2.40. The summed E-state index contributed by atoms with van der Waals surface area (Å²) in [6, 6.07) is 9.77. The van der Waals surface area contributed by atoms with Crippen molar-refractivity contribution < 1.29 is 4.79 Å².